The lowest BCUT2D eigenvalue weighted by Crippen LogP contribution is -2.47. The highest BCUT2D eigenvalue weighted by atomic mass is 35.5. The molecule has 1 atom stereocenters. The van der Waals surface area contributed by atoms with Crippen LogP contribution in [-0.2, 0) is 4.74 Å². The molecule has 1 saturated heterocycles. The molecule has 0 saturated carbocycles. The van der Waals surface area contributed by atoms with Crippen molar-refractivity contribution >= 4 is 17.5 Å². The van der Waals surface area contributed by atoms with E-state index in [9.17, 15) is 4.79 Å². The molecule has 0 N–H and O–H groups in total. The minimum atomic E-state index is -0.125. The van der Waals surface area contributed by atoms with Crippen LogP contribution in [0.25, 0.3) is 0 Å². The van der Waals surface area contributed by atoms with E-state index in [1.54, 1.807) is 17.0 Å². The number of rotatable bonds is 1. The van der Waals surface area contributed by atoms with Crippen LogP contribution >= 0.6 is 11.6 Å². The molecule has 1 aliphatic heterocycles. The first-order chi connectivity index (χ1) is 7.68. The molecule has 2 rings (SSSR count). The highest BCUT2D eigenvalue weighted by Gasteiger charge is 2.25. The molecule has 86 valence electrons. The topological polar surface area (TPSA) is 55.3 Å². The lowest BCUT2D eigenvalue weighted by molar-refractivity contribution is 0.00321. The van der Waals surface area contributed by atoms with E-state index in [1.807, 2.05) is 6.92 Å². The van der Waals surface area contributed by atoms with E-state index in [4.69, 9.17) is 16.3 Å². The Morgan fingerprint density at radius 2 is 2.38 bits per heavy atom. The predicted octanol–water partition coefficient (Wildman–Crippen LogP) is 0.991. The number of aromatic nitrogens is 2. The van der Waals surface area contributed by atoms with Crippen LogP contribution in [0.4, 0.5) is 0 Å². The fourth-order valence-electron chi connectivity index (χ4n) is 1.61. The summed E-state index contributed by atoms with van der Waals surface area (Å²) in [5, 5.41) is 7.71. The summed E-state index contributed by atoms with van der Waals surface area (Å²) in [6.07, 6.45) is 0. The number of nitrogens with zero attached hydrogens (tertiary/aromatic N) is 3. The van der Waals surface area contributed by atoms with Gasteiger partial charge in [-0.25, -0.2) is 0 Å². The van der Waals surface area contributed by atoms with Gasteiger partial charge >= 0.3 is 0 Å². The van der Waals surface area contributed by atoms with Gasteiger partial charge in [0.1, 0.15) is 0 Å². The average Bonchev–Trinajstić information content (AvgIpc) is 2.30. The number of hydrogen-bond acceptors (Lipinski definition) is 4. The molecule has 16 heavy (non-hydrogen) atoms. The van der Waals surface area contributed by atoms with Crippen molar-refractivity contribution < 1.29 is 9.53 Å². The van der Waals surface area contributed by atoms with Crippen LogP contribution in [0.5, 0.6) is 0 Å². The molecule has 0 aliphatic carbocycles. The molecule has 1 amide bonds. The summed E-state index contributed by atoms with van der Waals surface area (Å²) in [5.41, 5.74) is 0.318. The number of hydrogen-bond donors (Lipinski definition) is 0. The van der Waals surface area contributed by atoms with Gasteiger partial charge in [-0.2, -0.15) is 0 Å². The van der Waals surface area contributed by atoms with Crippen LogP contribution in [0.2, 0.25) is 5.15 Å². The normalized spacial score (nSPS) is 20.9. The van der Waals surface area contributed by atoms with Gasteiger partial charge < -0.3 is 9.64 Å². The fraction of sp³-hybridized carbons (Fsp3) is 0.500. The summed E-state index contributed by atoms with van der Waals surface area (Å²) >= 11 is 5.61. The van der Waals surface area contributed by atoms with Crippen molar-refractivity contribution in [2.75, 3.05) is 19.8 Å². The van der Waals surface area contributed by atoms with Crippen LogP contribution < -0.4 is 0 Å². The van der Waals surface area contributed by atoms with Gasteiger partial charge in [0.15, 0.2) is 10.8 Å². The molecule has 1 fully saturated rings. The third-order valence-corrected chi connectivity index (χ3v) is 2.68. The number of carbonyl (C=O) groups is 1. The molecule has 1 aromatic rings. The highest BCUT2D eigenvalue weighted by Crippen LogP contribution is 2.11. The van der Waals surface area contributed by atoms with Crippen molar-refractivity contribution in [3.8, 4) is 0 Å². The second kappa shape index (κ2) is 4.76. The van der Waals surface area contributed by atoms with Crippen molar-refractivity contribution in [1.29, 1.82) is 0 Å². The Morgan fingerprint density at radius 3 is 3.00 bits per heavy atom. The third kappa shape index (κ3) is 2.31. The van der Waals surface area contributed by atoms with Gasteiger partial charge in [0.25, 0.3) is 5.91 Å². The Hall–Kier alpha value is -1.20. The summed E-state index contributed by atoms with van der Waals surface area (Å²) in [7, 11) is 0. The average molecular weight is 242 g/mol. The van der Waals surface area contributed by atoms with Gasteiger partial charge in [-0.3, -0.25) is 4.79 Å². The zero-order chi connectivity index (χ0) is 11.5. The lowest BCUT2D eigenvalue weighted by Gasteiger charge is -2.32. The van der Waals surface area contributed by atoms with Gasteiger partial charge in [-0.05, 0) is 19.1 Å². The minimum absolute atomic E-state index is 0.0683. The van der Waals surface area contributed by atoms with E-state index >= 15 is 0 Å². The van der Waals surface area contributed by atoms with Crippen molar-refractivity contribution in [2.24, 2.45) is 0 Å². The Bertz CT molecular complexity index is 382. The standard InChI is InChI=1S/C10H12ClN3O2/c1-7-6-16-5-4-14(7)10(15)8-2-3-9(11)13-12-8/h2-3,7H,4-6H2,1H3. The second-order valence-corrected chi connectivity index (χ2v) is 4.05. The molecule has 5 nitrogen and oxygen atoms in total. The van der Waals surface area contributed by atoms with Crippen molar-refractivity contribution in [1.82, 2.24) is 15.1 Å². The molecule has 2 heterocycles. The van der Waals surface area contributed by atoms with Gasteiger partial charge in [0.05, 0.1) is 19.3 Å². The highest BCUT2D eigenvalue weighted by molar-refractivity contribution is 6.29. The maximum atomic E-state index is 12.0. The van der Waals surface area contributed by atoms with E-state index in [1.165, 1.54) is 0 Å². The van der Waals surface area contributed by atoms with Gasteiger partial charge in [-0.1, -0.05) is 11.6 Å². The monoisotopic (exact) mass is 241 g/mol. The first-order valence-corrected chi connectivity index (χ1v) is 5.44. The summed E-state index contributed by atoms with van der Waals surface area (Å²) < 4.78 is 5.27. The van der Waals surface area contributed by atoms with E-state index in [0.717, 1.165) is 0 Å². The Morgan fingerprint density at radius 1 is 1.56 bits per heavy atom. The Labute approximate surface area is 98.4 Å². The zero-order valence-electron chi connectivity index (χ0n) is 8.89. The van der Waals surface area contributed by atoms with Crippen molar-refractivity contribution in [3.05, 3.63) is 23.0 Å². The fourth-order valence-corrected chi connectivity index (χ4v) is 1.71. The van der Waals surface area contributed by atoms with E-state index in [0.29, 0.717) is 25.5 Å². The van der Waals surface area contributed by atoms with E-state index < -0.39 is 0 Å². The van der Waals surface area contributed by atoms with E-state index in [-0.39, 0.29) is 17.1 Å². The molecule has 0 aromatic carbocycles. The number of amides is 1. The zero-order valence-corrected chi connectivity index (χ0v) is 9.65. The van der Waals surface area contributed by atoms with E-state index in [2.05, 4.69) is 10.2 Å². The molecule has 1 unspecified atom stereocenters. The number of ether oxygens (including phenoxy) is 1. The quantitative estimate of drug-likeness (QED) is 0.736. The summed E-state index contributed by atoms with van der Waals surface area (Å²) in [6, 6.07) is 3.21. The van der Waals surface area contributed by atoms with Crippen LogP contribution in [0.1, 0.15) is 17.4 Å². The van der Waals surface area contributed by atoms with Gasteiger partial charge in [-0.15, -0.1) is 10.2 Å². The SMILES string of the molecule is CC1COCCN1C(=O)c1ccc(Cl)nn1. The number of morpholine rings is 1. The lowest BCUT2D eigenvalue weighted by atomic mass is 10.2. The van der Waals surface area contributed by atoms with Crippen LogP contribution in [-0.4, -0.2) is 46.8 Å². The summed E-state index contributed by atoms with van der Waals surface area (Å²) in [6.45, 7) is 3.66. The molecule has 0 spiro atoms. The number of halogens is 1. The largest absolute Gasteiger partial charge is 0.377 e. The molecule has 0 bridgehead atoms. The Kier molecular flexibility index (Phi) is 3.36. The summed E-state index contributed by atoms with van der Waals surface area (Å²) in [5.74, 6) is -0.125. The molecule has 0 radical (unpaired) electrons. The first-order valence-electron chi connectivity index (χ1n) is 5.06. The molecule has 6 heteroatoms. The third-order valence-electron chi connectivity index (χ3n) is 2.48. The molecular formula is C10H12ClN3O2. The molecule has 1 aromatic heterocycles. The minimum Gasteiger partial charge on any atom is -0.377 e. The van der Waals surface area contributed by atoms with Crippen LogP contribution in [0, 0.1) is 0 Å². The maximum absolute atomic E-state index is 12.0. The molecular weight excluding hydrogens is 230 g/mol. The van der Waals surface area contributed by atoms with Gasteiger partial charge in [0.2, 0.25) is 0 Å². The first kappa shape index (κ1) is 11.3. The number of carbonyl (C=O) groups excluding carboxylic acids is 1. The van der Waals surface area contributed by atoms with Crippen molar-refractivity contribution in [3.63, 3.8) is 0 Å². The second-order valence-electron chi connectivity index (χ2n) is 3.66. The predicted molar refractivity (Wildman–Crippen MR) is 58.4 cm³/mol. The smallest absolute Gasteiger partial charge is 0.274 e. The molecule has 1 aliphatic rings. The summed E-state index contributed by atoms with van der Waals surface area (Å²) in [4.78, 5) is 13.8. The van der Waals surface area contributed by atoms with Gasteiger partial charge in [0, 0.05) is 6.54 Å². The Balaban J connectivity index is 2.14. The van der Waals surface area contributed by atoms with Crippen molar-refractivity contribution in [2.45, 2.75) is 13.0 Å². The van der Waals surface area contributed by atoms with Crippen LogP contribution in [0.3, 0.4) is 0 Å². The maximum Gasteiger partial charge on any atom is 0.274 e. The van der Waals surface area contributed by atoms with Crippen LogP contribution in [0.15, 0.2) is 12.1 Å².